The third-order valence-electron chi connectivity index (χ3n) is 1.43. The van der Waals surface area contributed by atoms with E-state index in [0.29, 0.717) is 12.8 Å². The second-order valence-electron chi connectivity index (χ2n) is 2.56. The van der Waals surface area contributed by atoms with E-state index < -0.39 is 21.6 Å². The van der Waals surface area contributed by atoms with Crippen molar-refractivity contribution in [2.75, 3.05) is 0 Å². The van der Waals surface area contributed by atoms with Gasteiger partial charge in [-0.2, -0.15) is 0 Å². The second kappa shape index (κ2) is 7.23. The summed E-state index contributed by atoms with van der Waals surface area (Å²) < 4.78 is 0. The highest BCUT2D eigenvalue weighted by atomic mass is 79.9. The standard InChI is InChI=1S/C8H12Br2O4/c1-3-5(9)7(11)13-14-8(12)6(10)4-2/h5-6H,3-4H2,1-2H3. The predicted molar refractivity (Wildman–Crippen MR) is 58.2 cm³/mol. The van der Waals surface area contributed by atoms with Gasteiger partial charge in [-0.05, 0) is 12.8 Å². The van der Waals surface area contributed by atoms with Crippen LogP contribution in [0.4, 0.5) is 0 Å². The van der Waals surface area contributed by atoms with Crippen LogP contribution in [0.25, 0.3) is 0 Å². The number of hydrogen-bond donors (Lipinski definition) is 0. The number of halogens is 2. The lowest BCUT2D eigenvalue weighted by molar-refractivity contribution is -0.257. The summed E-state index contributed by atoms with van der Waals surface area (Å²) in [5.41, 5.74) is 0. The number of rotatable bonds is 4. The van der Waals surface area contributed by atoms with Crippen molar-refractivity contribution in [2.45, 2.75) is 36.3 Å². The molecular formula is C8H12Br2O4. The summed E-state index contributed by atoms with van der Waals surface area (Å²) >= 11 is 6.14. The number of hydrogen-bond acceptors (Lipinski definition) is 4. The summed E-state index contributed by atoms with van der Waals surface area (Å²) in [6.07, 6.45) is 1.14. The van der Waals surface area contributed by atoms with E-state index in [9.17, 15) is 9.59 Å². The Morgan fingerprint density at radius 3 is 1.50 bits per heavy atom. The molecule has 0 N–H and O–H groups in total. The van der Waals surface area contributed by atoms with Gasteiger partial charge in [-0.3, -0.25) is 0 Å². The number of alkyl halides is 2. The molecule has 6 heteroatoms. The van der Waals surface area contributed by atoms with Crippen molar-refractivity contribution in [1.29, 1.82) is 0 Å². The highest BCUT2D eigenvalue weighted by Crippen LogP contribution is 2.10. The third kappa shape index (κ3) is 4.95. The molecule has 0 bridgehead atoms. The summed E-state index contributed by atoms with van der Waals surface area (Å²) in [4.78, 5) is 29.8. The molecule has 0 saturated carbocycles. The first-order chi connectivity index (χ1) is 6.52. The first-order valence-electron chi connectivity index (χ1n) is 4.23. The smallest absolute Gasteiger partial charge is 0.246 e. The Morgan fingerprint density at radius 2 is 1.29 bits per heavy atom. The van der Waals surface area contributed by atoms with Crippen molar-refractivity contribution < 1.29 is 19.4 Å². The normalized spacial score (nSPS) is 14.3. The summed E-state index contributed by atoms with van der Waals surface area (Å²) in [7, 11) is 0. The van der Waals surface area contributed by atoms with Crippen LogP contribution >= 0.6 is 31.9 Å². The molecule has 0 spiro atoms. The molecule has 2 atom stereocenters. The first kappa shape index (κ1) is 13.9. The Hall–Kier alpha value is -0.100. The highest BCUT2D eigenvalue weighted by Gasteiger charge is 2.20. The van der Waals surface area contributed by atoms with Gasteiger partial charge in [0.25, 0.3) is 0 Å². The largest absolute Gasteiger partial charge is 0.369 e. The summed E-state index contributed by atoms with van der Waals surface area (Å²) in [6.45, 7) is 3.61. The van der Waals surface area contributed by atoms with Crippen molar-refractivity contribution in [2.24, 2.45) is 0 Å². The van der Waals surface area contributed by atoms with Crippen LogP contribution in [-0.2, 0) is 19.4 Å². The third-order valence-corrected chi connectivity index (χ3v) is 3.48. The van der Waals surface area contributed by atoms with Gasteiger partial charge < -0.3 is 0 Å². The van der Waals surface area contributed by atoms with Crippen molar-refractivity contribution in [3.8, 4) is 0 Å². The van der Waals surface area contributed by atoms with Gasteiger partial charge >= 0.3 is 11.9 Å². The Kier molecular flexibility index (Phi) is 7.17. The lowest BCUT2D eigenvalue weighted by Crippen LogP contribution is -2.23. The second-order valence-corrected chi connectivity index (χ2v) is 4.77. The maximum atomic E-state index is 11.0. The maximum Gasteiger partial charge on any atom is 0.369 e. The van der Waals surface area contributed by atoms with Crippen LogP contribution in [0.15, 0.2) is 0 Å². The summed E-state index contributed by atoms with van der Waals surface area (Å²) in [5.74, 6) is -1.20. The monoisotopic (exact) mass is 330 g/mol. The van der Waals surface area contributed by atoms with Crippen molar-refractivity contribution in [3.05, 3.63) is 0 Å². The Bertz CT molecular complexity index is 186. The fourth-order valence-electron chi connectivity index (χ4n) is 0.520. The van der Waals surface area contributed by atoms with E-state index >= 15 is 0 Å². The Balaban J connectivity index is 3.83. The molecule has 0 radical (unpaired) electrons. The molecule has 82 valence electrons. The van der Waals surface area contributed by atoms with Crippen LogP contribution in [0.3, 0.4) is 0 Å². The molecule has 0 fully saturated rings. The predicted octanol–water partition coefficient (Wildman–Crippen LogP) is 2.33. The molecule has 0 aromatic carbocycles. The van der Waals surface area contributed by atoms with Gasteiger partial charge in [0.05, 0.1) is 0 Å². The van der Waals surface area contributed by atoms with Crippen LogP contribution in [-0.4, -0.2) is 21.6 Å². The van der Waals surface area contributed by atoms with Crippen LogP contribution in [0.5, 0.6) is 0 Å². The van der Waals surface area contributed by atoms with Crippen LogP contribution in [0.1, 0.15) is 26.7 Å². The number of carbonyl (C=O) groups excluding carboxylic acids is 2. The lowest BCUT2D eigenvalue weighted by atomic mass is 10.3. The average Bonchev–Trinajstić information content (AvgIpc) is 2.22. The molecule has 0 aliphatic carbocycles. The molecule has 0 rings (SSSR count). The molecule has 0 aliphatic rings. The molecule has 0 aliphatic heterocycles. The van der Waals surface area contributed by atoms with Gasteiger partial charge in [-0.25, -0.2) is 19.4 Å². The fraction of sp³-hybridized carbons (Fsp3) is 0.750. The van der Waals surface area contributed by atoms with E-state index in [0.717, 1.165) is 0 Å². The minimum absolute atomic E-state index is 0.439. The van der Waals surface area contributed by atoms with Crippen molar-refractivity contribution >= 4 is 43.8 Å². The molecule has 0 aromatic rings. The van der Waals surface area contributed by atoms with Crippen LogP contribution in [0.2, 0.25) is 0 Å². The molecule has 0 amide bonds. The van der Waals surface area contributed by atoms with Crippen molar-refractivity contribution in [1.82, 2.24) is 0 Å². The fourth-order valence-corrected chi connectivity index (χ4v) is 0.672. The van der Waals surface area contributed by atoms with Gasteiger partial charge in [0, 0.05) is 0 Å². The van der Waals surface area contributed by atoms with Crippen LogP contribution < -0.4 is 0 Å². The van der Waals surface area contributed by atoms with E-state index in [2.05, 4.69) is 41.6 Å². The SMILES string of the molecule is CCC(Br)C(=O)OOC(=O)C(Br)CC. The zero-order valence-corrected chi connectivity index (χ0v) is 11.1. The molecule has 14 heavy (non-hydrogen) atoms. The highest BCUT2D eigenvalue weighted by molar-refractivity contribution is 9.10. The molecule has 0 aromatic heterocycles. The van der Waals surface area contributed by atoms with Crippen molar-refractivity contribution in [3.63, 3.8) is 0 Å². The Labute approximate surface area is 99.5 Å². The van der Waals surface area contributed by atoms with Gasteiger partial charge in [0.1, 0.15) is 9.65 Å². The molecule has 2 unspecified atom stereocenters. The lowest BCUT2D eigenvalue weighted by Gasteiger charge is -2.07. The Morgan fingerprint density at radius 1 is 1.00 bits per heavy atom. The molecule has 0 heterocycles. The first-order valence-corrected chi connectivity index (χ1v) is 6.06. The minimum atomic E-state index is -0.600. The molecule has 0 saturated heterocycles. The van der Waals surface area contributed by atoms with E-state index in [1.807, 2.05) is 13.8 Å². The quantitative estimate of drug-likeness (QED) is 0.451. The summed E-state index contributed by atoms with van der Waals surface area (Å²) in [6, 6.07) is 0. The topological polar surface area (TPSA) is 52.6 Å². The van der Waals surface area contributed by atoms with Crippen LogP contribution in [0, 0.1) is 0 Å². The number of carbonyl (C=O) groups is 2. The van der Waals surface area contributed by atoms with E-state index in [-0.39, 0.29) is 0 Å². The van der Waals surface area contributed by atoms with E-state index in [1.165, 1.54) is 0 Å². The maximum absolute atomic E-state index is 11.0. The summed E-state index contributed by atoms with van der Waals surface area (Å²) in [5, 5.41) is 0. The molecule has 4 nitrogen and oxygen atoms in total. The zero-order valence-electron chi connectivity index (χ0n) is 7.96. The van der Waals surface area contributed by atoms with Gasteiger partial charge in [0.2, 0.25) is 0 Å². The van der Waals surface area contributed by atoms with Gasteiger partial charge in [-0.1, -0.05) is 45.7 Å². The molecular weight excluding hydrogens is 320 g/mol. The van der Waals surface area contributed by atoms with Gasteiger partial charge in [0.15, 0.2) is 0 Å². The van der Waals surface area contributed by atoms with Gasteiger partial charge in [-0.15, -0.1) is 0 Å². The zero-order chi connectivity index (χ0) is 11.1. The van der Waals surface area contributed by atoms with E-state index in [4.69, 9.17) is 0 Å². The minimum Gasteiger partial charge on any atom is -0.246 e. The average molecular weight is 332 g/mol. The van der Waals surface area contributed by atoms with E-state index in [1.54, 1.807) is 0 Å².